The fraction of sp³-hybridized carbons (Fsp3) is 0.111. The first-order valence-electron chi connectivity index (χ1n) is 7.58. The van der Waals surface area contributed by atoms with Gasteiger partial charge in [-0.3, -0.25) is 15.7 Å². The van der Waals surface area contributed by atoms with E-state index in [0.717, 1.165) is 5.56 Å². The summed E-state index contributed by atoms with van der Waals surface area (Å²) in [5.41, 5.74) is 14.3. The fourth-order valence-corrected chi connectivity index (χ4v) is 3.23. The highest BCUT2D eigenvalue weighted by atomic mass is 35.5. The quantitative estimate of drug-likeness (QED) is 0.737. The van der Waals surface area contributed by atoms with Gasteiger partial charge in [-0.2, -0.15) is 0 Å². The zero-order valence-electron chi connectivity index (χ0n) is 13.0. The van der Waals surface area contributed by atoms with Gasteiger partial charge in [0.1, 0.15) is 17.1 Å². The number of fused-ring (bicyclic) bond motifs is 1. The van der Waals surface area contributed by atoms with Crippen LogP contribution in [-0.2, 0) is 5.54 Å². The Balaban J connectivity index is 1.91. The summed E-state index contributed by atoms with van der Waals surface area (Å²) in [5.74, 6) is -0.0292. The van der Waals surface area contributed by atoms with E-state index in [1.807, 2.05) is 6.07 Å². The van der Waals surface area contributed by atoms with Crippen LogP contribution in [0.25, 0.3) is 11.3 Å². The van der Waals surface area contributed by atoms with E-state index in [1.165, 1.54) is 12.1 Å². The molecule has 0 fully saturated rings. The van der Waals surface area contributed by atoms with Crippen molar-refractivity contribution < 1.29 is 9.13 Å². The van der Waals surface area contributed by atoms with Crippen molar-refractivity contribution in [2.24, 2.45) is 11.5 Å². The predicted molar refractivity (Wildman–Crippen MR) is 92.4 cm³/mol. The molecular weight excluding hydrogens is 343 g/mol. The largest absolute Gasteiger partial charge is 0.470 e. The molecule has 0 spiro atoms. The molecule has 25 heavy (non-hydrogen) atoms. The minimum Gasteiger partial charge on any atom is -0.470 e. The van der Waals surface area contributed by atoms with Gasteiger partial charge in [-0.05, 0) is 35.9 Å². The molecule has 0 radical (unpaired) electrons. The van der Waals surface area contributed by atoms with Crippen molar-refractivity contribution in [3.05, 3.63) is 77.0 Å². The molecular formula is C18H14ClFN4O. The van der Waals surface area contributed by atoms with Gasteiger partial charge in [-0.25, -0.2) is 4.39 Å². The maximum atomic E-state index is 13.5. The van der Waals surface area contributed by atoms with E-state index < -0.39 is 17.6 Å². The number of benzene rings is 1. The minimum absolute atomic E-state index is 0.0236. The molecule has 3 aromatic rings. The van der Waals surface area contributed by atoms with Gasteiger partial charge >= 0.3 is 0 Å². The van der Waals surface area contributed by atoms with Gasteiger partial charge in [0.05, 0.1) is 5.02 Å². The van der Waals surface area contributed by atoms with Crippen LogP contribution in [0.15, 0.2) is 55.0 Å². The van der Waals surface area contributed by atoms with E-state index in [9.17, 15) is 4.39 Å². The summed E-state index contributed by atoms with van der Waals surface area (Å²) >= 11 is 5.92. The van der Waals surface area contributed by atoms with Gasteiger partial charge in [-0.1, -0.05) is 17.7 Å². The van der Waals surface area contributed by atoms with Crippen molar-refractivity contribution in [3.63, 3.8) is 0 Å². The van der Waals surface area contributed by atoms with Crippen LogP contribution in [0.2, 0.25) is 5.02 Å². The summed E-state index contributed by atoms with van der Waals surface area (Å²) < 4.78 is 19.4. The lowest BCUT2D eigenvalue weighted by atomic mass is 9.83. The molecule has 2 aromatic heterocycles. The number of hydrogen-bond acceptors (Lipinski definition) is 5. The van der Waals surface area contributed by atoms with Crippen molar-refractivity contribution in [3.8, 4) is 17.0 Å². The minimum atomic E-state index is -1.17. The topological polar surface area (TPSA) is 87.0 Å². The average molecular weight is 357 g/mol. The molecule has 4 rings (SSSR count). The van der Waals surface area contributed by atoms with Crippen molar-refractivity contribution in [2.75, 3.05) is 0 Å². The molecule has 1 aliphatic heterocycles. The van der Waals surface area contributed by atoms with Gasteiger partial charge in [-0.15, -0.1) is 0 Å². The van der Waals surface area contributed by atoms with E-state index in [2.05, 4.69) is 9.97 Å². The van der Waals surface area contributed by atoms with Gasteiger partial charge in [0.25, 0.3) is 0 Å². The molecule has 0 amide bonds. The van der Waals surface area contributed by atoms with Crippen LogP contribution in [-0.4, -0.2) is 16.2 Å². The Morgan fingerprint density at radius 2 is 2.04 bits per heavy atom. The van der Waals surface area contributed by atoms with Crippen molar-refractivity contribution >= 4 is 11.6 Å². The maximum absolute atomic E-state index is 13.5. The summed E-state index contributed by atoms with van der Waals surface area (Å²) in [6, 6.07) is 9.72. The molecule has 0 bridgehead atoms. The van der Waals surface area contributed by atoms with Crippen LogP contribution < -0.4 is 16.2 Å². The third-order valence-corrected chi connectivity index (χ3v) is 4.67. The first-order chi connectivity index (χ1) is 12.0. The zero-order chi connectivity index (χ0) is 17.6. The monoisotopic (exact) mass is 356 g/mol. The molecule has 0 saturated carbocycles. The van der Waals surface area contributed by atoms with E-state index in [-0.39, 0.29) is 5.02 Å². The van der Waals surface area contributed by atoms with Crippen LogP contribution in [0.1, 0.15) is 11.1 Å². The number of pyridine rings is 2. The van der Waals surface area contributed by atoms with Gasteiger partial charge in [0.2, 0.25) is 0 Å². The molecule has 1 aromatic carbocycles. The molecule has 5 nitrogen and oxygen atoms in total. The lowest BCUT2D eigenvalue weighted by molar-refractivity contribution is 0.178. The molecule has 4 N–H and O–H groups in total. The lowest BCUT2D eigenvalue weighted by Gasteiger charge is -2.28. The van der Waals surface area contributed by atoms with E-state index in [0.29, 0.717) is 22.6 Å². The summed E-state index contributed by atoms with van der Waals surface area (Å²) in [7, 11) is 0. The van der Waals surface area contributed by atoms with Gasteiger partial charge in [0.15, 0.2) is 12.0 Å². The zero-order valence-corrected chi connectivity index (χ0v) is 13.7. The number of hydrogen-bond donors (Lipinski definition) is 2. The Bertz CT molecular complexity index is 953. The van der Waals surface area contributed by atoms with Crippen molar-refractivity contribution in [1.29, 1.82) is 0 Å². The Hall–Kier alpha value is -2.54. The highest BCUT2D eigenvalue weighted by molar-refractivity contribution is 6.30. The van der Waals surface area contributed by atoms with E-state index in [1.54, 1.807) is 36.8 Å². The Kier molecular flexibility index (Phi) is 3.68. The number of aromatic nitrogens is 2. The first-order valence-corrected chi connectivity index (χ1v) is 7.96. The Labute approximate surface area is 148 Å². The lowest BCUT2D eigenvalue weighted by Crippen LogP contribution is -2.52. The summed E-state index contributed by atoms with van der Waals surface area (Å²) in [5, 5.41) is -0.0236. The van der Waals surface area contributed by atoms with Crippen LogP contribution in [0.3, 0.4) is 0 Å². The summed E-state index contributed by atoms with van der Waals surface area (Å²) in [6.45, 7) is 0. The summed E-state index contributed by atoms with van der Waals surface area (Å²) in [6.07, 6.45) is 4.12. The SMILES string of the molecule is NC1Oc2c(ccnc2-c2cccnc2)C1(N)c1ccc(F)c(Cl)c1. The first kappa shape index (κ1) is 16.0. The van der Waals surface area contributed by atoms with Gasteiger partial charge in [0, 0.05) is 29.7 Å². The van der Waals surface area contributed by atoms with Crippen LogP contribution >= 0.6 is 11.6 Å². The van der Waals surface area contributed by atoms with Crippen LogP contribution in [0.4, 0.5) is 4.39 Å². The number of rotatable bonds is 2. The summed E-state index contributed by atoms with van der Waals surface area (Å²) in [4.78, 5) is 8.49. The fourth-order valence-electron chi connectivity index (χ4n) is 3.05. The number of nitrogens with two attached hydrogens (primary N) is 2. The predicted octanol–water partition coefficient (Wildman–Crippen LogP) is 2.82. The molecule has 2 atom stereocenters. The molecule has 0 saturated heterocycles. The van der Waals surface area contributed by atoms with Crippen LogP contribution in [0, 0.1) is 5.82 Å². The molecule has 2 unspecified atom stereocenters. The van der Waals surface area contributed by atoms with Crippen molar-refractivity contribution in [2.45, 2.75) is 11.8 Å². The van der Waals surface area contributed by atoms with E-state index in [4.69, 9.17) is 27.8 Å². The smallest absolute Gasteiger partial charge is 0.174 e. The molecule has 126 valence electrons. The molecule has 3 heterocycles. The Morgan fingerprint density at radius 3 is 2.76 bits per heavy atom. The molecule has 7 heteroatoms. The van der Waals surface area contributed by atoms with Gasteiger partial charge < -0.3 is 10.5 Å². The highest BCUT2D eigenvalue weighted by Gasteiger charge is 2.47. The second-order valence-corrected chi connectivity index (χ2v) is 6.22. The second kappa shape index (κ2) is 5.77. The second-order valence-electron chi connectivity index (χ2n) is 5.81. The Morgan fingerprint density at radius 1 is 1.20 bits per heavy atom. The molecule has 0 aliphatic carbocycles. The standard InChI is InChI=1S/C18H14ClFN4O/c19-13-8-11(3-4-14(13)20)18(22)12-5-7-24-15(16(12)25-17(18)21)10-2-1-6-23-9-10/h1-9,17H,21-22H2. The molecule has 1 aliphatic rings. The van der Waals surface area contributed by atoms with Crippen LogP contribution in [0.5, 0.6) is 5.75 Å². The number of nitrogens with zero attached hydrogens (tertiary/aromatic N) is 2. The number of ether oxygens (including phenoxy) is 1. The highest BCUT2D eigenvalue weighted by Crippen LogP contribution is 2.46. The number of halogens is 2. The van der Waals surface area contributed by atoms with Crippen molar-refractivity contribution in [1.82, 2.24) is 9.97 Å². The normalized spacial score (nSPS) is 21.7. The third-order valence-electron chi connectivity index (χ3n) is 4.38. The average Bonchev–Trinajstić information content (AvgIpc) is 2.90. The van der Waals surface area contributed by atoms with E-state index >= 15 is 0 Å². The third kappa shape index (κ3) is 2.38. The maximum Gasteiger partial charge on any atom is 0.174 e.